The van der Waals surface area contributed by atoms with Crippen LogP contribution in [0.4, 0.5) is 5.69 Å². The van der Waals surface area contributed by atoms with Gasteiger partial charge in [0.25, 0.3) is 0 Å². The van der Waals surface area contributed by atoms with Crippen molar-refractivity contribution < 1.29 is 5.11 Å². The van der Waals surface area contributed by atoms with Crippen molar-refractivity contribution >= 4 is 5.69 Å². The van der Waals surface area contributed by atoms with E-state index in [0.717, 1.165) is 18.5 Å². The van der Waals surface area contributed by atoms with Gasteiger partial charge in [-0.25, -0.2) is 0 Å². The van der Waals surface area contributed by atoms with Crippen molar-refractivity contribution in [1.82, 2.24) is 0 Å². The minimum Gasteiger partial charge on any atom is -0.506 e. The minimum absolute atomic E-state index is 0.374. The number of rotatable bonds is 0. The molecular formula is C10H13NO. The van der Waals surface area contributed by atoms with Gasteiger partial charge in [-0.1, -0.05) is 12.1 Å². The number of aryl methyl sites for hydroxylation is 1. The molecule has 1 aromatic rings. The van der Waals surface area contributed by atoms with Crippen LogP contribution < -0.4 is 5.32 Å². The molecular weight excluding hydrogens is 150 g/mol. The molecule has 12 heavy (non-hydrogen) atoms. The molecule has 0 spiro atoms. The molecule has 1 unspecified atom stereocenters. The lowest BCUT2D eigenvalue weighted by Crippen LogP contribution is -2.21. The van der Waals surface area contributed by atoms with Crippen molar-refractivity contribution in [3.8, 4) is 5.75 Å². The van der Waals surface area contributed by atoms with Gasteiger partial charge in [0.2, 0.25) is 0 Å². The maximum absolute atomic E-state index is 9.51. The highest BCUT2D eigenvalue weighted by Crippen LogP contribution is 2.32. The molecule has 1 aliphatic heterocycles. The first-order valence-electron chi connectivity index (χ1n) is 4.35. The van der Waals surface area contributed by atoms with E-state index in [0.29, 0.717) is 11.8 Å². The fourth-order valence-electron chi connectivity index (χ4n) is 1.65. The fourth-order valence-corrected chi connectivity index (χ4v) is 1.65. The lowest BCUT2D eigenvalue weighted by molar-refractivity contribution is 0.473. The Morgan fingerprint density at radius 3 is 3.17 bits per heavy atom. The van der Waals surface area contributed by atoms with Gasteiger partial charge in [-0.05, 0) is 31.4 Å². The maximum Gasteiger partial charge on any atom is 0.138 e. The Morgan fingerprint density at radius 1 is 1.50 bits per heavy atom. The zero-order chi connectivity index (χ0) is 8.55. The number of hydrogen-bond acceptors (Lipinski definition) is 2. The molecule has 0 aromatic heterocycles. The monoisotopic (exact) mass is 163 g/mol. The fraction of sp³-hybridized carbons (Fsp3) is 0.400. The van der Waals surface area contributed by atoms with Gasteiger partial charge < -0.3 is 10.4 Å². The lowest BCUT2D eigenvalue weighted by Gasteiger charge is -2.24. The van der Waals surface area contributed by atoms with Crippen LogP contribution in [-0.2, 0) is 6.42 Å². The zero-order valence-corrected chi connectivity index (χ0v) is 7.17. The summed E-state index contributed by atoms with van der Waals surface area (Å²) in [6.45, 7) is 2.13. The number of phenols is 1. The van der Waals surface area contributed by atoms with E-state index in [2.05, 4.69) is 18.3 Å². The van der Waals surface area contributed by atoms with E-state index < -0.39 is 0 Å². The summed E-state index contributed by atoms with van der Waals surface area (Å²) in [6, 6.07) is 6.16. The van der Waals surface area contributed by atoms with Crippen LogP contribution in [0.3, 0.4) is 0 Å². The molecule has 1 atom stereocenters. The van der Waals surface area contributed by atoms with Crippen LogP contribution in [0.25, 0.3) is 0 Å². The summed E-state index contributed by atoms with van der Waals surface area (Å²) in [5.41, 5.74) is 2.16. The number of hydrogen-bond donors (Lipinski definition) is 2. The molecule has 2 nitrogen and oxygen atoms in total. The molecule has 2 rings (SSSR count). The first-order valence-corrected chi connectivity index (χ1v) is 4.35. The van der Waals surface area contributed by atoms with E-state index in [1.54, 1.807) is 6.07 Å². The number of nitrogens with one attached hydrogen (secondary N) is 1. The summed E-state index contributed by atoms with van der Waals surface area (Å²) in [4.78, 5) is 0. The van der Waals surface area contributed by atoms with Crippen LogP contribution in [-0.4, -0.2) is 11.1 Å². The molecule has 0 radical (unpaired) electrons. The number of anilines is 1. The summed E-state index contributed by atoms with van der Waals surface area (Å²) in [6.07, 6.45) is 2.22. The van der Waals surface area contributed by atoms with Gasteiger partial charge in [0.05, 0.1) is 5.69 Å². The molecule has 0 saturated heterocycles. The summed E-state index contributed by atoms with van der Waals surface area (Å²) in [7, 11) is 0. The third-order valence-corrected chi connectivity index (χ3v) is 2.37. The van der Waals surface area contributed by atoms with Gasteiger partial charge in [-0.2, -0.15) is 0 Å². The first kappa shape index (κ1) is 7.47. The molecule has 2 N–H and O–H groups in total. The Balaban J connectivity index is 2.43. The summed E-state index contributed by atoms with van der Waals surface area (Å²) in [5, 5.41) is 12.8. The van der Waals surface area contributed by atoms with Crippen molar-refractivity contribution in [1.29, 1.82) is 0 Å². The van der Waals surface area contributed by atoms with E-state index in [9.17, 15) is 5.11 Å². The van der Waals surface area contributed by atoms with E-state index >= 15 is 0 Å². The van der Waals surface area contributed by atoms with E-state index in [1.807, 2.05) is 6.07 Å². The minimum atomic E-state index is 0.374. The van der Waals surface area contributed by atoms with Crippen molar-refractivity contribution in [2.24, 2.45) is 0 Å². The second kappa shape index (κ2) is 2.70. The number of phenolic OH excluding ortho intramolecular Hbond substituents is 1. The quantitative estimate of drug-likeness (QED) is 0.574. The second-order valence-electron chi connectivity index (χ2n) is 3.40. The molecule has 0 aliphatic carbocycles. The Bertz CT molecular complexity index is 296. The van der Waals surface area contributed by atoms with Crippen LogP contribution in [0.5, 0.6) is 5.75 Å². The first-order chi connectivity index (χ1) is 5.77. The summed E-state index contributed by atoms with van der Waals surface area (Å²) in [5.74, 6) is 0.374. The molecule has 64 valence electrons. The Morgan fingerprint density at radius 2 is 2.33 bits per heavy atom. The third kappa shape index (κ3) is 1.13. The topological polar surface area (TPSA) is 32.3 Å². The summed E-state index contributed by atoms with van der Waals surface area (Å²) >= 11 is 0. The van der Waals surface area contributed by atoms with Crippen LogP contribution in [0.15, 0.2) is 18.2 Å². The Hall–Kier alpha value is -1.18. The van der Waals surface area contributed by atoms with Crippen molar-refractivity contribution in [3.63, 3.8) is 0 Å². The molecule has 0 fully saturated rings. The van der Waals surface area contributed by atoms with Crippen LogP contribution in [0, 0.1) is 0 Å². The van der Waals surface area contributed by atoms with E-state index in [4.69, 9.17) is 0 Å². The molecule has 1 aromatic carbocycles. The van der Waals surface area contributed by atoms with Crippen molar-refractivity contribution in [2.45, 2.75) is 25.8 Å². The van der Waals surface area contributed by atoms with E-state index in [-0.39, 0.29) is 0 Å². The molecule has 2 heteroatoms. The molecule has 1 heterocycles. The average Bonchev–Trinajstić information content (AvgIpc) is 2.07. The molecule has 1 aliphatic rings. The Kier molecular flexibility index (Phi) is 1.68. The SMILES string of the molecule is CC1CCc2cccc(O)c2N1. The largest absolute Gasteiger partial charge is 0.506 e. The van der Waals surface area contributed by atoms with Gasteiger partial charge in [0, 0.05) is 6.04 Å². The third-order valence-electron chi connectivity index (χ3n) is 2.37. The Labute approximate surface area is 72.2 Å². The predicted octanol–water partition coefficient (Wildman–Crippen LogP) is 2.14. The van der Waals surface area contributed by atoms with Gasteiger partial charge in [0.15, 0.2) is 0 Å². The standard InChI is InChI=1S/C10H13NO/c1-7-5-6-8-3-2-4-9(12)10(8)11-7/h2-4,7,11-12H,5-6H2,1H3. The number of aromatic hydroxyl groups is 1. The highest BCUT2D eigenvalue weighted by atomic mass is 16.3. The van der Waals surface area contributed by atoms with Gasteiger partial charge in [-0.15, -0.1) is 0 Å². The number of para-hydroxylation sites is 1. The van der Waals surface area contributed by atoms with Crippen LogP contribution in [0.1, 0.15) is 18.9 Å². The van der Waals surface area contributed by atoms with Crippen molar-refractivity contribution in [3.05, 3.63) is 23.8 Å². The molecule has 0 bridgehead atoms. The number of fused-ring (bicyclic) bond motifs is 1. The molecule has 0 saturated carbocycles. The van der Waals surface area contributed by atoms with E-state index in [1.165, 1.54) is 5.56 Å². The molecule has 0 amide bonds. The maximum atomic E-state index is 9.51. The van der Waals surface area contributed by atoms with Gasteiger partial charge in [0.1, 0.15) is 5.75 Å². The highest BCUT2D eigenvalue weighted by molar-refractivity contribution is 5.63. The van der Waals surface area contributed by atoms with Gasteiger partial charge >= 0.3 is 0 Å². The van der Waals surface area contributed by atoms with Crippen LogP contribution >= 0.6 is 0 Å². The lowest BCUT2D eigenvalue weighted by atomic mass is 9.99. The average molecular weight is 163 g/mol. The van der Waals surface area contributed by atoms with Crippen molar-refractivity contribution in [2.75, 3.05) is 5.32 Å². The van der Waals surface area contributed by atoms with Gasteiger partial charge in [-0.3, -0.25) is 0 Å². The predicted molar refractivity (Wildman–Crippen MR) is 49.5 cm³/mol. The second-order valence-corrected chi connectivity index (χ2v) is 3.40. The smallest absolute Gasteiger partial charge is 0.138 e. The highest BCUT2D eigenvalue weighted by Gasteiger charge is 2.15. The van der Waals surface area contributed by atoms with Crippen LogP contribution in [0.2, 0.25) is 0 Å². The normalized spacial score (nSPS) is 21.2. The summed E-state index contributed by atoms with van der Waals surface area (Å²) < 4.78 is 0. The number of benzene rings is 1. The zero-order valence-electron chi connectivity index (χ0n) is 7.17.